The van der Waals surface area contributed by atoms with Crippen molar-refractivity contribution >= 4 is 16.7 Å². The van der Waals surface area contributed by atoms with E-state index in [9.17, 15) is 4.79 Å². The van der Waals surface area contributed by atoms with Crippen LogP contribution in [0.1, 0.15) is 74.2 Å². The lowest BCUT2D eigenvalue weighted by atomic mass is 10.0. The van der Waals surface area contributed by atoms with Crippen molar-refractivity contribution in [3.63, 3.8) is 0 Å². The Morgan fingerprint density at radius 1 is 1.05 bits per heavy atom. The normalized spacial score (nSPS) is 11.1. The third-order valence-electron chi connectivity index (χ3n) is 4.22. The number of Topliss-reactive ketones (excluding diaryl/α,β-unsaturated/α-hetero) is 1. The fraction of sp³-hybridized carbons (Fsp3) is 0.526. The fourth-order valence-electron chi connectivity index (χ4n) is 2.96. The van der Waals surface area contributed by atoms with Crippen LogP contribution < -0.4 is 0 Å². The molecule has 1 N–H and O–H groups in total. The molecule has 0 aliphatic heterocycles. The van der Waals surface area contributed by atoms with Gasteiger partial charge in [0.15, 0.2) is 5.78 Å². The molecule has 114 valence electrons. The van der Waals surface area contributed by atoms with Crippen LogP contribution in [0.25, 0.3) is 10.9 Å². The lowest BCUT2D eigenvalue weighted by molar-refractivity contribution is 0.0980. The Hall–Kier alpha value is -1.57. The molecule has 0 unspecified atom stereocenters. The Morgan fingerprint density at radius 2 is 1.76 bits per heavy atom. The summed E-state index contributed by atoms with van der Waals surface area (Å²) in [6.45, 7) is 4.31. The highest BCUT2D eigenvalue weighted by atomic mass is 16.1. The molecular formula is C19H27NO. The molecule has 21 heavy (non-hydrogen) atoms. The summed E-state index contributed by atoms with van der Waals surface area (Å²) in [7, 11) is 0. The average molecular weight is 285 g/mol. The van der Waals surface area contributed by atoms with Gasteiger partial charge in [-0.2, -0.15) is 0 Å². The molecule has 2 heteroatoms. The van der Waals surface area contributed by atoms with Gasteiger partial charge in [-0.25, -0.2) is 0 Å². The highest BCUT2D eigenvalue weighted by molar-refractivity contribution is 6.08. The first-order valence-electron chi connectivity index (χ1n) is 8.34. The lowest BCUT2D eigenvalue weighted by Gasteiger charge is -2.03. The Labute approximate surface area is 127 Å². The van der Waals surface area contributed by atoms with Crippen LogP contribution in [0.5, 0.6) is 0 Å². The number of hydrogen-bond donors (Lipinski definition) is 1. The quantitative estimate of drug-likeness (QED) is 0.458. The van der Waals surface area contributed by atoms with Gasteiger partial charge in [0.2, 0.25) is 0 Å². The van der Waals surface area contributed by atoms with E-state index < -0.39 is 0 Å². The summed E-state index contributed by atoms with van der Waals surface area (Å²) < 4.78 is 0. The van der Waals surface area contributed by atoms with Gasteiger partial charge < -0.3 is 4.98 Å². The maximum Gasteiger partial charge on any atom is 0.165 e. The minimum atomic E-state index is 0.282. The van der Waals surface area contributed by atoms with Crippen molar-refractivity contribution in [2.24, 2.45) is 0 Å². The molecule has 0 aliphatic rings. The molecule has 2 rings (SSSR count). The summed E-state index contributed by atoms with van der Waals surface area (Å²) >= 11 is 0. The zero-order valence-electron chi connectivity index (χ0n) is 13.4. The number of benzene rings is 1. The van der Waals surface area contributed by atoms with Crippen LogP contribution in [0.2, 0.25) is 0 Å². The van der Waals surface area contributed by atoms with Gasteiger partial charge in [0.1, 0.15) is 0 Å². The number of unbranched alkanes of at least 4 members (excludes halogenated alkanes) is 6. The predicted molar refractivity (Wildman–Crippen MR) is 90.0 cm³/mol. The first-order chi connectivity index (χ1) is 10.2. The summed E-state index contributed by atoms with van der Waals surface area (Å²) in [5, 5.41) is 1.10. The Morgan fingerprint density at radius 3 is 2.52 bits per heavy atom. The molecule has 0 atom stereocenters. The van der Waals surface area contributed by atoms with Crippen molar-refractivity contribution in [2.75, 3.05) is 0 Å². The zero-order chi connectivity index (χ0) is 15.1. The van der Waals surface area contributed by atoms with Crippen molar-refractivity contribution in [2.45, 2.75) is 65.2 Å². The summed E-state index contributed by atoms with van der Waals surface area (Å²) in [6.07, 6.45) is 11.3. The second-order valence-corrected chi connectivity index (χ2v) is 5.99. The van der Waals surface area contributed by atoms with E-state index in [2.05, 4.69) is 24.9 Å². The van der Waals surface area contributed by atoms with E-state index in [1.54, 1.807) is 0 Å². The molecule has 0 fully saturated rings. The minimum absolute atomic E-state index is 0.282. The highest BCUT2D eigenvalue weighted by Gasteiger charge is 2.12. The van der Waals surface area contributed by atoms with E-state index in [0.717, 1.165) is 22.9 Å². The summed E-state index contributed by atoms with van der Waals surface area (Å²) in [5.41, 5.74) is 3.11. The smallest absolute Gasteiger partial charge is 0.165 e. The Kier molecular flexibility index (Phi) is 6.04. The molecule has 0 bridgehead atoms. The van der Waals surface area contributed by atoms with Crippen molar-refractivity contribution in [3.8, 4) is 0 Å². The third kappa shape index (κ3) is 4.20. The number of aromatic nitrogens is 1. The van der Waals surface area contributed by atoms with Gasteiger partial charge in [0, 0.05) is 29.1 Å². The maximum atomic E-state index is 12.4. The van der Waals surface area contributed by atoms with E-state index in [1.165, 1.54) is 44.1 Å². The lowest BCUT2D eigenvalue weighted by Crippen LogP contribution is -1.98. The van der Waals surface area contributed by atoms with Crippen molar-refractivity contribution < 1.29 is 4.79 Å². The number of ketones is 1. The molecule has 0 spiro atoms. The highest BCUT2D eigenvalue weighted by Crippen LogP contribution is 2.23. The second kappa shape index (κ2) is 8.02. The number of aryl methyl sites for hydroxylation is 1. The average Bonchev–Trinajstić information content (AvgIpc) is 2.91. The maximum absolute atomic E-state index is 12.4. The molecule has 0 amide bonds. The monoisotopic (exact) mass is 285 g/mol. The largest absolute Gasteiger partial charge is 0.360 e. The molecule has 1 aromatic heterocycles. The zero-order valence-corrected chi connectivity index (χ0v) is 13.4. The summed E-state index contributed by atoms with van der Waals surface area (Å²) in [4.78, 5) is 15.6. The number of carbonyl (C=O) groups is 1. The van der Waals surface area contributed by atoms with Crippen LogP contribution >= 0.6 is 0 Å². The molecular weight excluding hydrogens is 258 g/mol. The number of rotatable bonds is 9. The molecule has 2 aromatic rings. The number of fused-ring (bicyclic) bond motifs is 1. The van der Waals surface area contributed by atoms with Gasteiger partial charge in [-0.15, -0.1) is 0 Å². The number of carbonyl (C=O) groups excluding carboxylic acids is 1. The summed E-state index contributed by atoms with van der Waals surface area (Å²) in [5.74, 6) is 0.282. The van der Waals surface area contributed by atoms with Crippen LogP contribution in [0.4, 0.5) is 0 Å². The van der Waals surface area contributed by atoms with Gasteiger partial charge in [-0.3, -0.25) is 4.79 Å². The van der Waals surface area contributed by atoms with Gasteiger partial charge >= 0.3 is 0 Å². The van der Waals surface area contributed by atoms with Crippen LogP contribution in [0.3, 0.4) is 0 Å². The van der Waals surface area contributed by atoms with Gasteiger partial charge in [0.25, 0.3) is 0 Å². The van der Waals surface area contributed by atoms with E-state index in [1.807, 2.05) is 18.3 Å². The Balaban J connectivity index is 1.83. The minimum Gasteiger partial charge on any atom is -0.360 e. The van der Waals surface area contributed by atoms with Crippen LogP contribution in [-0.4, -0.2) is 10.8 Å². The molecule has 0 saturated heterocycles. The second-order valence-electron chi connectivity index (χ2n) is 5.99. The van der Waals surface area contributed by atoms with E-state index in [-0.39, 0.29) is 5.78 Å². The van der Waals surface area contributed by atoms with E-state index in [4.69, 9.17) is 0 Å². The molecule has 1 heterocycles. The van der Waals surface area contributed by atoms with Gasteiger partial charge in [-0.1, -0.05) is 57.6 Å². The summed E-state index contributed by atoms with van der Waals surface area (Å²) in [6, 6.07) is 6.13. The van der Waals surface area contributed by atoms with Gasteiger partial charge in [-0.05, 0) is 25.0 Å². The van der Waals surface area contributed by atoms with Crippen LogP contribution in [0, 0.1) is 6.92 Å². The number of aromatic amines is 1. The molecule has 0 aliphatic carbocycles. The SMILES string of the molecule is CCCCCCCCCC(=O)c1c[nH]c2cccc(C)c12. The van der Waals surface area contributed by atoms with Crippen molar-refractivity contribution in [3.05, 3.63) is 35.5 Å². The van der Waals surface area contributed by atoms with E-state index >= 15 is 0 Å². The third-order valence-corrected chi connectivity index (χ3v) is 4.22. The van der Waals surface area contributed by atoms with Gasteiger partial charge in [0.05, 0.1) is 0 Å². The molecule has 0 radical (unpaired) electrons. The predicted octanol–water partition coefficient (Wildman–Crippen LogP) is 5.80. The number of hydrogen-bond acceptors (Lipinski definition) is 1. The number of H-pyrrole nitrogens is 1. The fourth-order valence-corrected chi connectivity index (χ4v) is 2.96. The molecule has 0 saturated carbocycles. The molecule has 2 nitrogen and oxygen atoms in total. The first-order valence-corrected chi connectivity index (χ1v) is 8.34. The topological polar surface area (TPSA) is 32.9 Å². The number of nitrogens with one attached hydrogen (secondary N) is 1. The van der Waals surface area contributed by atoms with Crippen LogP contribution in [0.15, 0.2) is 24.4 Å². The van der Waals surface area contributed by atoms with Crippen LogP contribution in [-0.2, 0) is 0 Å². The van der Waals surface area contributed by atoms with Crippen molar-refractivity contribution in [1.29, 1.82) is 0 Å². The standard InChI is InChI=1S/C19H27NO/c1-3-4-5-6-7-8-9-13-18(21)16-14-20-17-12-10-11-15(2)19(16)17/h10-12,14,20H,3-9,13H2,1-2H3. The van der Waals surface area contributed by atoms with Crippen molar-refractivity contribution in [1.82, 2.24) is 4.98 Å². The molecule has 1 aromatic carbocycles. The Bertz CT molecular complexity index is 582. The van der Waals surface area contributed by atoms with E-state index in [0.29, 0.717) is 6.42 Å². The first kappa shape index (κ1) is 15.8.